The lowest BCUT2D eigenvalue weighted by Gasteiger charge is -2.01. The Morgan fingerprint density at radius 3 is 2.58 bits per heavy atom. The van der Waals surface area contributed by atoms with Crippen LogP contribution >= 0.6 is 11.8 Å². The summed E-state index contributed by atoms with van der Waals surface area (Å²) in [6, 6.07) is 0. The lowest BCUT2D eigenvalue weighted by atomic mass is 10.5. The molecular weight excluding hydrogens is 180 g/mol. The third-order valence-electron chi connectivity index (χ3n) is 1.04. The number of aliphatic hydroxyl groups excluding tert-OH is 2. The van der Waals surface area contributed by atoms with E-state index in [0.717, 1.165) is 0 Å². The van der Waals surface area contributed by atoms with Crippen LogP contribution in [0.15, 0.2) is 0 Å². The van der Waals surface area contributed by atoms with Gasteiger partial charge in [0.25, 0.3) is 0 Å². The van der Waals surface area contributed by atoms with E-state index in [4.69, 9.17) is 10.2 Å². The van der Waals surface area contributed by atoms with Gasteiger partial charge < -0.3 is 14.9 Å². The van der Waals surface area contributed by atoms with E-state index in [1.165, 1.54) is 11.8 Å². The maximum absolute atomic E-state index is 10.8. The molecule has 0 fully saturated rings. The first-order chi connectivity index (χ1) is 5.81. The van der Waals surface area contributed by atoms with Crippen LogP contribution in [-0.2, 0) is 9.53 Å². The van der Waals surface area contributed by atoms with Crippen LogP contribution in [0.25, 0.3) is 0 Å². The van der Waals surface area contributed by atoms with Crippen molar-refractivity contribution in [1.29, 1.82) is 0 Å². The molecule has 0 spiro atoms. The lowest BCUT2D eigenvalue weighted by molar-refractivity contribution is -0.144. The largest absolute Gasteiger partial charge is 0.463 e. The average molecular weight is 194 g/mol. The standard InChI is InChI=1S/C7H14O4S/c8-2-4-11-7(10)1-5-12-6-3-9/h8-9H,1-6H2. The van der Waals surface area contributed by atoms with Crippen molar-refractivity contribution in [3.63, 3.8) is 0 Å². The van der Waals surface area contributed by atoms with Crippen molar-refractivity contribution < 1.29 is 19.7 Å². The van der Waals surface area contributed by atoms with Crippen LogP contribution in [0.2, 0.25) is 0 Å². The van der Waals surface area contributed by atoms with Crippen molar-refractivity contribution in [2.24, 2.45) is 0 Å². The van der Waals surface area contributed by atoms with E-state index in [-0.39, 0.29) is 25.8 Å². The number of ether oxygens (including phenoxy) is 1. The minimum atomic E-state index is -0.297. The van der Waals surface area contributed by atoms with Gasteiger partial charge in [-0.2, -0.15) is 11.8 Å². The van der Waals surface area contributed by atoms with E-state index in [1.807, 2.05) is 0 Å². The summed E-state index contributed by atoms with van der Waals surface area (Å²) >= 11 is 1.50. The first-order valence-electron chi connectivity index (χ1n) is 3.76. The Morgan fingerprint density at radius 1 is 1.25 bits per heavy atom. The van der Waals surface area contributed by atoms with Gasteiger partial charge in [-0.3, -0.25) is 4.79 Å². The number of carbonyl (C=O) groups is 1. The van der Waals surface area contributed by atoms with Gasteiger partial charge in [0.2, 0.25) is 0 Å². The summed E-state index contributed by atoms with van der Waals surface area (Å²) in [5.41, 5.74) is 0. The summed E-state index contributed by atoms with van der Waals surface area (Å²) in [6.45, 7) is 0.0787. The van der Waals surface area contributed by atoms with E-state index in [0.29, 0.717) is 17.9 Å². The van der Waals surface area contributed by atoms with E-state index in [9.17, 15) is 4.79 Å². The maximum Gasteiger partial charge on any atom is 0.306 e. The molecule has 12 heavy (non-hydrogen) atoms. The molecule has 0 saturated heterocycles. The Kier molecular flexibility index (Phi) is 8.64. The summed E-state index contributed by atoms with van der Waals surface area (Å²) in [5, 5.41) is 16.7. The quantitative estimate of drug-likeness (QED) is 0.428. The number of aliphatic hydroxyl groups is 2. The van der Waals surface area contributed by atoms with Gasteiger partial charge in [0, 0.05) is 11.5 Å². The van der Waals surface area contributed by atoms with Crippen LogP contribution in [0.5, 0.6) is 0 Å². The highest BCUT2D eigenvalue weighted by atomic mass is 32.2. The zero-order chi connectivity index (χ0) is 9.23. The van der Waals surface area contributed by atoms with Gasteiger partial charge in [-0.05, 0) is 0 Å². The van der Waals surface area contributed by atoms with E-state index >= 15 is 0 Å². The number of hydrogen-bond donors (Lipinski definition) is 2. The monoisotopic (exact) mass is 194 g/mol. The second kappa shape index (κ2) is 8.83. The molecule has 0 rings (SSSR count). The van der Waals surface area contributed by atoms with Crippen LogP contribution in [-0.4, -0.2) is 47.5 Å². The Bertz CT molecular complexity index is 118. The molecule has 0 bridgehead atoms. The lowest BCUT2D eigenvalue weighted by Crippen LogP contribution is -2.09. The van der Waals surface area contributed by atoms with E-state index in [2.05, 4.69) is 4.74 Å². The molecule has 0 unspecified atom stereocenters. The molecule has 0 amide bonds. The molecule has 0 aliphatic carbocycles. The van der Waals surface area contributed by atoms with Gasteiger partial charge in [-0.15, -0.1) is 0 Å². The van der Waals surface area contributed by atoms with Gasteiger partial charge in [-0.1, -0.05) is 0 Å². The summed E-state index contributed by atoms with van der Waals surface area (Å²) in [5.74, 6) is 1.01. The molecule has 0 heterocycles. The Balaban J connectivity index is 3.08. The highest BCUT2D eigenvalue weighted by molar-refractivity contribution is 7.99. The molecule has 0 aliphatic heterocycles. The first kappa shape index (κ1) is 11.7. The molecule has 0 aromatic carbocycles. The fourth-order valence-corrected chi connectivity index (χ4v) is 1.20. The second-order valence-corrected chi connectivity index (χ2v) is 3.25. The van der Waals surface area contributed by atoms with Gasteiger partial charge in [0.05, 0.1) is 19.6 Å². The minimum absolute atomic E-state index is 0.0729. The summed E-state index contributed by atoms with van der Waals surface area (Å²) in [4.78, 5) is 10.8. The molecule has 0 aromatic rings. The normalized spacial score (nSPS) is 9.83. The number of carbonyl (C=O) groups excluding carboxylic acids is 1. The smallest absolute Gasteiger partial charge is 0.306 e. The van der Waals surface area contributed by atoms with Crippen molar-refractivity contribution in [3.05, 3.63) is 0 Å². The Hall–Kier alpha value is -0.260. The summed E-state index contributed by atoms with van der Waals surface area (Å²) in [7, 11) is 0. The number of thioether (sulfide) groups is 1. The fraction of sp³-hybridized carbons (Fsp3) is 0.857. The molecule has 0 aliphatic rings. The fourth-order valence-electron chi connectivity index (χ4n) is 0.554. The third-order valence-corrected chi connectivity index (χ3v) is 2.00. The number of hydrogen-bond acceptors (Lipinski definition) is 5. The second-order valence-electron chi connectivity index (χ2n) is 2.03. The highest BCUT2D eigenvalue weighted by Gasteiger charge is 2.00. The van der Waals surface area contributed by atoms with Crippen molar-refractivity contribution >= 4 is 17.7 Å². The molecule has 0 atom stereocenters. The predicted molar refractivity (Wildman–Crippen MR) is 47.1 cm³/mol. The Labute approximate surface area is 75.9 Å². The van der Waals surface area contributed by atoms with Crippen LogP contribution in [0, 0.1) is 0 Å². The molecule has 0 aromatic heterocycles. The first-order valence-corrected chi connectivity index (χ1v) is 4.91. The van der Waals surface area contributed by atoms with Crippen LogP contribution in [0.1, 0.15) is 6.42 Å². The van der Waals surface area contributed by atoms with Crippen molar-refractivity contribution in [1.82, 2.24) is 0 Å². The van der Waals surface area contributed by atoms with Crippen LogP contribution in [0.4, 0.5) is 0 Å². The van der Waals surface area contributed by atoms with Gasteiger partial charge in [0.15, 0.2) is 0 Å². The van der Waals surface area contributed by atoms with Gasteiger partial charge in [0.1, 0.15) is 6.61 Å². The van der Waals surface area contributed by atoms with Crippen molar-refractivity contribution in [2.45, 2.75) is 6.42 Å². The maximum atomic E-state index is 10.8. The molecule has 2 N–H and O–H groups in total. The Morgan fingerprint density at radius 2 is 2.00 bits per heavy atom. The SMILES string of the molecule is O=C(CCSCCO)OCCO. The molecule has 0 radical (unpaired) electrons. The third kappa shape index (κ3) is 7.84. The van der Waals surface area contributed by atoms with Crippen LogP contribution < -0.4 is 0 Å². The summed E-state index contributed by atoms with van der Waals surface area (Å²) in [6.07, 6.45) is 0.338. The number of rotatable bonds is 7. The van der Waals surface area contributed by atoms with Crippen molar-refractivity contribution in [2.75, 3.05) is 31.3 Å². The van der Waals surface area contributed by atoms with E-state index < -0.39 is 0 Å². The average Bonchev–Trinajstić information content (AvgIpc) is 2.09. The molecule has 0 saturated carbocycles. The van der Waals surface area contributed by atoms with Crippen LogP contribution in [0.3, 0.4) is 0 Å². The molecule has 4 nitrogen and oxygen atoms in total. The topological polar surface area (TPSA) is 66.8 Å². The highest BCUT2D eigenvalue weighted by Crippen LogP contribution is 2.01. The summed E-state index contributed by atoms with van der Waals surface area (Å²) < 4.78 is 4.61. The zero-order valence-electron chi connectivity index (χ0n) is 6.86. The minimum Gasteiger partial charge on any atom is -0.463 e. The van der Waals surface area contributed by atoms with Crippen molar-refractivity contribution in [3.8, 4) is 0 Å². The predicted octanol–water partition coefficient (Wildman–Crippen LogP) is -0.363. The molecular formula is C7H14O4S. The van der Waals surface area contributed by atoms with E-state index in [1.54, 1.807) is 0 Å². The number of esters is 1. The van der Waals surface area contributed by atoms with Gasteiger partial charge in [-0.25, -0.2) is 0 Å². The molecule has 5 heteroatoms. The van der Waals surface area contributed by atoms with Gasteiger partial charge >= 0.3 is 5.97 Å². The molecule has 72 valence electrons. The zero-order valence-corrected chi connectivity index (χ0v) is 7.68.